The van der Waals surface area contributed by atoms with Crippen LogP contribution >= 0.6 is 23.2 Å². The lowest BCUT2D eigenvalue weighted by molar-refractivity contribution is -0.0149. The molecule has 1 N–H and O–H groups in total. The van der Waals surface area contributed by atoms with Gasteiger partial charge in [-0.2, -0.15) is 4.98 Å². The lowest BCUT2D eigenvalue weighted by Gasteiger charge is -2.24. The van der Waals surface area contributed by atoms with Crippen molar-refractivity contribution in [3.05, 3.63) is 45.5 Å². The zero-order valence-corrected chi connectivity index (χ0v) is 12.6. The minimum atomic E-state index is -0.508. The second-order valence-corrected chi connectivity index (χ2v) is 5.84. The molecule has 1 aromatic carbocycles. The molecule has 1 aromatic heterocycles. The third kappa shape index (κ3) is 3.37. The maximum absolute atomic E-state index is 9.95. The highest BCUT2D eigenvalue weighted by atomic mass is 35.5. The van der Waals surface area contributed by atoms with Crippen LogP contribution in [0.15, 0.2) is 22.7 Å². The molecule has 1 aliphatic rings. The molecule has 0 saturated carbocycles. The topological polar surface area (TPSA) is 68.4 Å². The number of hydrogen-bond acceptors (Lipinski definition) is 5. The minimum absolute atomic E-state index is 0.263. The Labute approximate surface area is 131 Å². The number of rotatable bonds is 3. The lowest BCUT2D eigenvalue weighted by atomic mass is 9.99. The molecule has 0 bridgehead atoms. The SMILES string of the molecule is OC1CCOCC1c1nc(Cc2ccc(Cl)cc2Cl)no1. The molecule has 2 heterocycles. The fourth-order valence-electron chi connectivity index (χ4n) is 2.29. The fraction of sp³-hybridized carbons (Fsp3) is 0.429. The summed E-state index contributed by atoms with van der Waals surface area (Å²) in [5, 5.41) is 15.0. The number of nitrogens with zero attached hydrogens (tertiary/aromatic N) is 2. The Balaban J connectivity index is 1.75. The predicted molar refractivity (Wildman–Crippen MR) is 77.7 cm³/mol. The number of aliphatic hydroxyl groups excluding tert-OH is 1. The molecular weight excluding hydrogens is 315 g/mol. The Kier molecular flexibility index (Phi) is 4.45. The van der Waals surface area contributed by atoms with Crippen LogP contribution in [0.2, 0.25) is 10.0 Å². The Bertz CT molecular complexity index is 632. The number of ether oxygens (including phenoxy) is 1. The van der Waals surface area contributed by atoms with E-state index in [2.05, 4.69) is 10.1 Å². The minimum Gasteiger partial charge on any atom is -0.392 e. The van der Waals surface area contributed by atoms with Crippen molar-refractivity contribution in [2.45, 2.75) is 24.9 Å². The van der Waals surface area contributed by atoms with Crippen molar-refractivity contribution in [1.82, 2.24) is 10.1 Å². The molecule has 2 aromatic rings. The van der Waals surface area contributed by atoms with E-state index < -0.39 is 6.10 Å². The summed E-state index contributed by atoms with van der Waals surface area (Å²) in [6, 6.07) is 5.28. The van der Waals surface area contributed by atoms with Crippen molar-refractivity contribution in [3.63, 3.8) is 0 Å². The summed E-state index contributed by atoms with van der Waals surface area (Å²) in [5.41, 5.74) is 0.869. The molecule has 1 aliphatic heterocycles. The number of benzene rings is 1. The van der Waals surface area contributed by atoms with Crippen LogP contribution in [0.5, 0.6) is 0 Å². The highest BCUT2D eigenvalue weighted by Gasteiger charge is 2.30. The van der Waals surface area contributed by atoms with Crippen molar-refractivity contribution < 1.29 is 14.4 Å². The first-order chi connectivity index (χ1) is 10.1. The third-order valence-electron chi connectivity index (χ3n) is 3.48. The Morgan fingerprint density at radius 2 is 2.19 bits per heavy atom. The fourth-order valence-corrected chi connectivity index (χ4v) is 2.76. The molecular formula is C14H14Cl2N2O3. The molecule has 0 aliphatic carbocycles. The van der Waals surface area contributed by atoms with Gasteiger partial charge in [0.15, 0.2) is 5.82 Å². The standard InChI is InChI=1S/C14H14Cl2N2O3/c15-9-2-1-8(11(16)6-9)5-13-17-14(21-18-13)10-7-20-4-3-12(10)19/h1-2,6,10,12,19H,3-5,7H2. The van der Waals surface area contributed by atoms with Crippen LogP contribution in [0.25, 0.3) is 0 Å². The average Bonchev–Trinajstić information content (AvgIpc) is 2.91. The number of halogens is 2. The molecule has 7 heteroatoms. The molecule has 5 nitrogen and oxygen atoms in total. The van der Waals surface area contributed by atoms with Crippen molar-refractivity contribution in [2.75, 3.05) is 13.2 Å². The first-order valence-corrected chi connectivity index (χ1v) is 7.41. The number of hydrogen-bond donors (Lipinski definition) is 1. The quantitative estimate of drug-likeness (QED) is 0.938. The highest BCUT2D eigenvalue weighted by Crippen LogP contribution is 2.26. The molecule has 21 heavy (non-hydrogen) atoms. The second kappa shape index (κ2) is 6.32. The Hall–Kier alpha value is -1.14. The molecule has 1 saturated heterocycles. The summed E-state index contributed by atoms with van der Waals surface area (Å²) < 4.78 is 10.6. The van der Waals surface area contributed by atoms with Crippen molar-refractivity contribution in [2.24, 2.45) is 0 Å². The van der Waals surface area contributed by atoms with Gasteiger partial charge in [-0.1, -0.05) is 34.4 Å². The normalized spacial score (nSPS) is 22.4. The van der Waals surface area contributed by atoms with Crippen LogP contribution in [-0.4, -0.2) is 34.6 Å². The van der Waals surface area contributed by atoms with Gasteiger partial charge in [0.05, 0.1) is 18.6 Å². The zero-order chi connectivity index (χ0) is 14.8. The van der Waals surface area contributed by atoms with Gasteiger partial charge in [0, 0.05) is 23.1 Å². The van der Waals surface area contributed by atoms with E-state index >= 15 is 0 Å². The largest absolute Gasteiger partial charge is 0.392 e. The molecule has 0 amide bonds. The zero-order valence-electron chi connectivity index (χ0n) is 11.1. The monoisotopic (exact) mass is 328 g/mol. The van der Waals surface area contributed by atoms with Gasteiger partial charge < -0.3 is 14.4 Å². The number of aromatic nitrogens is 2. The van der Waals surface area contributed by atoms with Gasteiger partial charge in [-0.05, 0) is 24.1 Å². The first kappa shape index (κ1) is 14.8. The van der Waals surface area contributed by atoms with Crippen LogP contribution in [0.1, 0.15) is 29.6 Å². The van der Waals surface area contributed by atoms with Crippen molar-refractivity contribution in [1.29, 1.82) is 0 Å². The van der Waals surface area contributed by atoms with Crippen LogP contribution in [0.4, 0.5) is 0 Å². The van der Waals surface area contributed by atoms with Crippen LogP contribution < -0.4 is 0 Å². The predicted octanol–water partition coefficient (Wildman–Crippen LogP) is 2.83. The van der Waals surface area contributed by atoms with Gasteiger partial charge >= 0.3 is 0 Å². The van der Waals surface area contributed by atoms with Gasteiger partial charge in [-0.3, -0.25) is 0 Å². The highest BCUT2D eigenvalue weighted by molar-refractivity contribution is 6.35. The van der Waals surface area contributed by atoms with E-state index in [4.69, 9.17) is 32.5 Å². The van der Waals surface area contributed by atoms with Gasteiger partial charge in [0.25, 0.3) is 0 Å². The second-order valence-electron chi connectivity index (χ2n) is 5.00. The van der Waals surface area contributed by atoms with E-state index in [1.54, 1.807) is 12.1 Å². The van der Waals surface area contributed by atoms with Gasteiger partial charge in [-0.25, -0.2) is 0 Å². The first-order valence-electron chi connectivity index (χ1n) is 6.65. The third-order valence-corrected chi connectivity index (χ3v) is 4.07. The summed E-state index contributed by atoms with van der Waals surface area (Å²) >= 11 is 12.0. The van der Waals surface area contributed by atoms with Crippen LogP contribution in [0.3, 0.4) is 0 Å². The summed E-state index contributed by atoms with van der Waals surface area (Å²) in [7, 11) is 0. The molecule has 112 valence electrons. The molecule has 1 fully saturated rings. The van der Waals surface area contributed by atoms with E-state index in [-0.39, 0.29) is 5.92 Å². The average molecular weight is 329 g/mol. The van der Waals surface area contributed by atoms with E-state index in [0.717, 1.165) is 5.56 Å². The van der Waals surface area contributed by atoms with Crippen molar-refractivity contribution in [3.8, 4) is 0 Å². The van der Waals surface area contributed by atoms with Crippen LogP contribution in [0, 0.1) is 0 Å². The molecule has 0 radical (unpaired) electrons. The summed E-state index contributed by atoms with van der Waals surface area (Å²) in [6.45, 7) is 0.948. The summed E-state index contributed by atoms with van der Waals surface area (Å²) in [4.78, 5) is 4.33. The van der Waals surface area contributed by atoms with Crippen molar-refractivity contribution >= 4 is 23.2 Å². The maximum atomic E-state index is 9.95. The summed E-state index contributed by atoms with van der Waals surface area (Å²) in [6.07, 6.45) is 0.514. The molecule has 3 rings (SSSR count). The van der Waals surface area contributed by atoms with E-state index in [1.807, 2.05) is 6.07 Å². The lowest BCUT2D eigenvalue weighted by Crippen LogP contribution is -2.30. The maximum Gasteiger partial charge on any atom is 0.234 e. The van der Waals surface area contributed by atoms with Gasteiger partial charge in [0.2, 0.25) is 5.89 Å². The van der Waals surface area contributed by atoms with Gasteiger partial charge in [0.1, 0.15) is 0 Å². The smallest absolute Gasteiger partial charge is 0.234 e. The Morgan fingerprint density at radius 3 is 2.95 bits per heavy atom. The van der Waals surface area contributed by atoms with E-state index in [9.17, 15) is 5.11 Å². The van der Waals surface area contributed by atoms with Gasteiger partial charge in [-0.15, -0.1) is 0 Å². The molecule has 2 unspecified atom stereocenters. The van der Waals surface area contributed by atoms with Crippen LogP contribution in [-0.2, 0) is 11.2 Å². The van der Waals surface area contributed by atoms with E-state index in [1.165, 1.54) is 0 Å². The number of aliphatic hydroxyl groups is 1. The Morgan fingerprint density at radius 1 is 1.33 bits per heavy atom. The van der Waals surface area contributed by atoms with E-state index in [0.29, 0.717) is 47.8 Å². The summed E-state index contributed by atoms with van der Waals surface area (Å²) in [5.74, 6) is 0.662. The molecule has 2 atom stereocenters. The molecule has 0 spiro atoms.